The number of hydrogen-bond acceptors (Lipinski definition) is 2. The normalized spacial score (nSPS) is 13.4. The Balaban J connectivity index is 4.46. The summed E-state index contributed by atoms with van der Waals surface area (Å²) in [6, 6.07) is 0. The highest BCUT2D eigenvalue weighted by Crippen LogP contribution is 2.72. The van der Waals surface area contributed by atoms with Crippen LogP contribution in [-0.4, -0.2) is 27.0 Å². The number of hydrogen-bond donors (Lipinski definition) is 2. The Bertz CT molecular complexity index is 143. The Labute approximate surface area is 104 Å². The standard InChI is InChI=1S/C12H29O2PS/c1-4-7-10-16(15(13)14,11-8-5-2)12-9-6-3/h13-14H,4-12H2,1-3H3. The van der Waals surface area contributed by atoms with Crippen LogP contribution in [0, 0.1) is 0 Å². The quantitative estimate of drug-likeness (QED) is 0.576. The van der Waals surface area contributed by atoms with Crippen molar-refractivity contribution in [2.45, 2.75) is 59.3 Å². The van der Waals surface area contributed by atoms with Gasteiger partial charge in [-0.05, 0) is 36.5 Å². The van der Waals surface area contributed by atoms with E-state index in [0.717, 1.165) is 55.8 Å². The third-order valence-electron chi connectivity index (χ3n) is 2.98. The van der Waals surface area contributed by atoms with E-state index >= 15 is 0 Å². The average Bonchev–Trinajstić information content (AvgIpc) is 2.28. The van der Waals surface area contributed by atoms with E-state index in [-0.39, 0.29) is 0 Å². The minimum atomic E-state index is -1.70. The summed E-state index contributed by atoms with van der Waals surface area (Å²) in [5.74, 6) is 3.21. The SMILES string of the molecule is CCCCS(CCCC)(CCCC)P(O)O. The molecule has 0 spiro atoms. The van der Waals surface area contributed by atoms with Gasteiger partial charge in [0.15, 0.2) is 0 Å². The molecule has 0 aliphatic rings. The van der Waals surface area contributed by atoms with Crippen LogP contribution in [0.1, 0.15) is 59.3 Å². The predicted molar refractivity (Wildman–Crippen MR) is 78.3 cm³/mol. The largest absolute Gasteiger partial charge is 0.343 e. The van der Waals surface area contributed by atoms with Gasteiger partial charge in [0, 0.05) is 0 Å². The zero-order valence-electron chi connectivity index (χ0n) is 11.1. The van der Waals surface area contributed by atoms with Gasteiger partial charge in [-0.25, -0.2) is 0 Å². The van der Waals surface area contributed by atoms with Crippen LogP contribution in [0.5, 0.6) is 0 Å². The van der Waals surface area contributed by atoms with Crippen LogP contribution in [0.25, 0.3) is 0 Å². The molecule has 0 saturated heterocycles. The average molecular weight is 268 g/mol. The molecule has 0 radical (unpaired) electrons. The summed E-state index contributed by atoms with van der Waals surface area (Å²) < 4.78 is 0. The molecule has 0 aliphatic heterocycles. The highest BCUT2D eigenvalue weighted by Gasteiger charge is 2.30. The van der Waals surface area contributed by atoms with Gasteiger partial charge in [-0.3, -0.25) is 0 Å². The van der Waals surface area contributed by atoms with E-state index in [1.165, 1.54) is 0 Å². The second-order valence-corrected chi connectivity index (χ2v) is 11.5. The van der Waals surface area contributed by atoms with E-state index in [4.69, 9.17) is 0 Å². The minimum Gasteiger partial charge on any atom is -0.343 e. The Kier molecular flexibility index (Phi) is 10.1. The summed E-state index contributed by atoms with van der Waals surface area (Å²) in [6.45, 7) is 6.54. The lowest BCUT2D eigenvalue weighted by Crippen LogP contribution is -2.12. The Morgan fingerprint density at radius 1 is 0.750 bits per heavy atom. The van der Waals surface area contributed by atoms with Crippen molar-refractivity contribution in [3.63, 3.8) is 0 Å². The summed E-state index contributed by atoms with van der Waals surface area (Å²) in [7, 11) is -2.82. The van der Waals surface area contributed by atoms with Crippen molar-refractivity contribution in [3.8, 4) is 0 Å². The molecule has 0 aromatic carbocycles. The third kappa shape index (κ3) is 5.86. The van der Waals surface area contributed by atoms with Crippen LogP contribution >= 0.6 is 17.2 Å². The molecular formula is C12H29O2PS. The Morgan fingerprint density at radius 3 is 1.25 bits per heavy atom. The zero-order valence-corrected chi connectivity index (χ0v) is 12.8. The molecule has 0 fully saturated rings. The second kappa shape index (κ2) is 9.70. The highest BCUT2D eigenvalue weighted by molar-refractivity contribution is 8.74. The van der Waals surface area contributed by atoms with Gasteiger partial charge in [-0.15, -0.1) is 0 Å². The molecule has 0 saturated carbocycles. The fourth-order valence-corrected chi connectivity index (χ4v) is 8.00. The summed E-state index contributed by atoms with van der Waals surface area (Å²) >= 11 is 0. The van der Waals surface area contributed by atoms with Crippen LogP contribution in [-0.2, 0) is 0 Å². The van der Waals surface area contributed by atoms with Crippen molar-refractivity contribution < 1.29 is 9.79 Å². The van der Waals surface area contributed by atoms with Gasteiger partial charge in [0.25, 0.3) is 0 Å². The van der Waals surface area contributed by atoms with E-state index in [2.05, 4.69) is 20.8 Å². The zero-order chi connectivity index (χ0) is 12.4. The van der Waals surface area contributed by atoms with E-state index < -0.39 is 17.2 Å². The van der Waals surface area contributed by atoms with Crippen molar-refractivity contribution in [1.29, 1.82) is 0 Å². The van der Waals surface area contributed by atoms with Crippen molar-refractivity contribution in [1.82, 2.24) is 0 Å². The third-order valence-corrected chi connectivity index (χ3v) is 10.5. The first-order chi connectivity index (χ1) is 7.63. The summed E-state index contributed by atoms with van der Waals surface area (Å²) in [5, 5.41) is 0. The highest BCUT2D eigenvalue weighted by atomic mass is 32.8. The Hall–Kier alpha value is 0.700. The van der Waals surface area contributed by atoms with Crippen LogP contribution in [0.4, 0.5) is 0 Å². The molecule has 2 N–H and O–H groups in total. The topological polar surface area (TPSA) is 40.5 Å². The summed E-state index contributed by atoms with van der Waals surface area (Å²) in [5.41, 5.74) is 0. The molecule has 0 rings (SSSR count). The summed E-state index contributed by atoms with van der Waals surface area (Å²) in [6.07, 6.45) is 6.96. The van der Waals surface area contributed by atoms with Crippen LogP contribution in [0.3, 0.4) is 0 Å². The molecule has 0 amide bonds. The predicted octanol–water partition coefficient (Wildman–Crippen LogP) is 4.40. The lowest BCUT2D eigenvalue weighted by atomic mass is 10.4. The van der Waals surface area contributed by atoms with Gasteiger partial charge in [-0.2, -0.15) is 9.65 Å². The summed E-state index contributed by atoms with van der Waals surface area (Å²) in [4.78, 5) is 19.6. The van der Waals surface area contributed by atoms with Gasteiger partial charge in [0.1, 0.15) is 0 Å². The lowest BCUT2D eigenvalue weighted by molar-refractivity contribution is 0.503. The molecule has 2 nitrogen and oxygen atoms in total. The van der Waals surface area contributed by atoms with Gasteiger partial charge in [0.2, 0.25) is 7.58 Å². The number of rotatable bonds is 10. The smallest absolute Gasteiger partial charge is 0.214 e. The van der Waals surface area contributed by atoms with Gasteiger partial charge >= 0.3 is 0 Å². The molecule has 0 bridgehead atoms. The number of unbranched alkanes of at least 4 members (excludes halogenated alkanes) is 3. The maximum atomic E-state index is 9.80. The van der Waals surface area contributed by atoms with Crippen molar-refractivity contribution >= 4 is 17.2 Å². The fraction of sp³-hybridized carbons (Fsp3) is 1.00. The van der Waals surface area contributed by atoms with Crippen LogP contribution in [0.15, 0.2) is 0 Å². The first-order valence-electron chi connectivity index (χ1n) is 6.57. The lowest BCUT2D eigenvalue weighted by Gasteiger charge is -2.40. The van der Waals surface area contributed by atoms with Crippen molar-refractivity contribution in [3.05, 3.63) is 0 Å². The molecule has 0 aromatic heterocycles. The molecule has 16 heavy (non-hydrogen) atoms. The maximum absolute atomic E-state index is 9.80. The van der Waals surface area contributed by atoms with E-state index in [1.54, 1.807) is 0 Å². The van der Waals surface area contributed by atoms with Crippen LogP contribution in [0.2, 0.25) is 0 Å². The fourth-order valence-electron chi connectivity index (χ4n) is 1.79. The van der Waals surface area contributed by atoms with Crippen molar-refractivity contribution in [2.75, 3.05) is 17.3 Å². The maximum Gasteiger partial charge on any atom is 0.214 e. The van der Waals surface area contributed by atoms with Crippen LogP contribution < -0.4 is 0 Å². The molecule has 0 heterocycles. The van der Waals surface area contributed by atoms with Crippen molar-refractivity contribution in [2.24, 2.45) is 0 Å². The second-order valence-electron chi connectivity index (χ2n) is 4.43. The minimum absolute atomic E-state index is 1.07. The van der Waals surface area contributed by atoms with E-state index in [9.17, 15) is 9.79 Å². The Morgan fingerprint density at radius 2 is 1.06 bits per heavy atom. The molecule has 0 atom stereocenters. The van der Waals surface area contributed by atoms with Gasteiger partial charge in [0.05, 0.1) is 0 Å². The van der Waals surface area contributed by atoms with E-state index in [1.807, 2.05) is 0 Å². The molecular weight excluding hydrogens is 239 g/mol. The first kappa shape index (κ1) is 16.7. The van der Waals surface area contributed by atoms with E-state index in [0.29, 0.717) is 0 Å². The van der Waals surface area contributed by atoms with Gasteiger partial charge < -0.3 is 9.79 Å². The van der Waals surface area contributed by atoms with Gasteiger partial charge in [-0.1, -0.05) is 40.0 Å². The molecule has 4 heteroatoms. The molecule has 0 unspecified atom stereocenters. The molecule has 100 valence electrons. The molecule has 0 aromatic rings. The molecule has 0 aliphatic carbocycles. The monoisotopic (exact) mass is 268 g/mol. The first-order valence-corrected chi connectivity index (χ1v) is 10.6.